The van der Waals surface area contributed by atoms with Gasteiger partial charge in [0, 0.05) is 9.35 Å². The summed E-state index contributed by atoms with van der Waals surface area (Å²) < 4.78 is 1.11. The number of hydrogen-bond donors (Lipinski definition) is 2. The van der Waals surface area contributed by atoms with Crippen LogP contribution in [0.2, 0.25) is 0 Å². The van der Waals surface area contributed by atoms with Crippen LogP contribution < -0.4 is 11.3 Å². The summed E-state index contributed by atoms with van der Waals surface area (Å²) in [5.74, 6) is 6.41. The summed E-state index contributed by atoms with van der Waals surface area (Å²) in [5.41, 5.74) is 5.50. The maximum Gasteiger partial charge on any atom is 0.0813 e. The molecule has 0 radical (unpaired) electrons. The van der Waals surface area contributed by atoms with Gasteiger partial charge < -0.3 is 0 Å². The Morgan fingerprint density at radius 2 is 2.11 bits per heavy atom. The lowest BCUT2D eigenvalue weighted by Gasteiger charge is -2.17. The van der Waals surface area contributed by atoms with Gasteiger partial charge in [0.05, 0.1) is 6.04 Å². The minimum Gasteiger partial charge on any atom is -0.271 e. The van der Waals surface area contributed by atoms with Crippen molar-refractivity contribution < 1.29 is 0 Å². The van der Waals surface area contributed by atoms with E-state index in [0.29, 0.717) is 5.92 Å². The number of hydrazine groups is 1. The molecule has 2 rings (SSSR count). The van der Waals surface area contributed by atoms with Crippen LogP contribution in [-0.4, -0.2) is 0 Å². The molecule has 0 amide bonds. The van der Waals surface area contributed by atoms with Gasteiger partial charge in [-0.2, -0.15) is 0 Å². The Morgan fingerprint density at radius 3 is 2.68 bits per heavy atom. The molecule has 1 atom stereocenters. The lowest BCUT2D eigenvalue weighted by molar-refractivity contribution is 0.632. The van der Waals surface area contributed by atoms with Crippen LogP contribution in [0.5, 0.6) is 0 Å². The van der Waals surface area contributed by atoms with Gasteiger partial charge in [-0.1, -0.05) is 38.1 Å². The lowest BCUT2D eigenvalue weighted by Crippen LogP contribution is -2.28. The summed E-state index contributed by atoms with van der Waals surface area (Å²) in [6.45, 7) is 4.47. The van der Waals surface area contributed by atoms with Gasteiger partial charge in [0.15, 0.2) is 0 Å². The van der Waals surface area contributed by atoms with Gasteiger partial charge in [0.2, 0.25) is 0 Å². The second-order valence-corrected chi connectivity index (χ2v) is 6.88. The van der Waals surface area contributed by atoms with Gasteiger partial charge in [-0.15, -0.1) is 11.3 Å². The minimum atomic E-state index is 0.0430. The molecule has 1 aromatic heterocycles. The molecule has 0 aliphatic heterocycles. The predicted octanol–water partition coefficient (Wildman–Crippen LogP) is 4.26. The van der Waals surface area contributed by atoms with Crippen molar-refractivity contribution in [1.82, 2.24) is 5.43 Å². The fourth-order valence-electron chi connectivity index (χ4n) is 2.21. The van der Waals surface area contributed by atoms with Crippen molar-refractivity contribution in [1.29, 1.82) is 0 Å². The summed E-state index contributed by atoms with van der Waals surface area (Å²) in [6, 6.07) is 10.8. The van der Waals surface area contributed by atoms with Crippen LogP contribution in [0.3, 0.4) is 0 Å². The maximum absolute atomic E-state index is 5.75. The number of rotatable bonds is 5. The van der Waals surface area contributed by atoms with E-state index in [1.54, 1.807) is 11.3 Å². The summed E-state index contributed by atoms with van der Waals surface area (Å²) in [4.78, 5) is 1.21. The van der Waals surface area contributed by atoms with E-state index in [9.17, 15) is 0 Å². The number of nitrogens with one attached hydrogen (secondary N) is 1. The van der Waals surface area contributed by atoms with E-state index < -0.39 is 0 Å². The Kier molecular flexibility index (Phi) is 5.16. The van der Waals surface area contributed by atoms with Gasteiger partial charge >= 0.3 is 0 Å². The average molecular weight is 339 g/mol. The molecule has 2 aromatic rings. The number of benzene rings is 1. The highest BCUT2D eigenvalue weighted by Crippen LogP contribution is 2.33. The molecule has 4 heteroatoms. The zero-order chi connectivity index (χ0) is 13.8. The predicted molar refractivity (Wildman–Crippen MR) is 86.2 cm³/mol. The summed E-state index contributed by atoms with van der Waals surface area (Å²) in [7, 11) is 0. The van der Waals surface area contributed by atoms with Gasteiger partial charge in [-0.3, -0.25) is 5.84 Å². The monoisotopic (exact) mass is 338 g/mol. The Bertz CT molecular complexity index is 536. The summed E-state index contributed by atoms with van der Waals surface area (Å²) in [6.07, 6.45) is 1.09. The molecule has 19 heavy (non-hydrogen) atoms. The number of thiophene rings is 1. The Hall–Kier alpha value is -0.680. The standard InChI is InChI=1S/C15H19BrN2S/c1-10(2)8-11-4-3-5-12(9-11)14(18-17)15-13(16)6-7-19-15/h3-7,9-10,14,18H,8,17H2,1-2H3. The van der Waals surface area contributed by atoms with Crippen molar-refractivity contribution in [3.63, 3.8) is 0 Å². The van der Waals surface area contributed by atoms with Gasteiger partial charge in [-0.25, -0.2) is 5.43 Å². The van der Waals surface area contributed by atoms with Crippen LogP contribution in [0.1, 0.15) is 35.9 Å². The van der Waals surface area contributed by atoms with E-state index in [-0.39, 0.29) is 6.04 Å². The van der Waals surface area contributed by atoms with Crippen LogP contribution in [0.25, 0.3) is 0 Å². The molecule has 0 spiro atoms. The third-order valence-electron chi connectivity index (χ3n) is 3.00. The van der Waals surface area contributed by atoms with Crippen LogP contribution in [0.4, 0.5) is 0 Å². The maximum atomic E-state index is 5.75. The topological polar surface area (TPSA) is 38.0 Å². The van der Waals surface area contributed by atoms with Gasteiger partial charge in [0.25, 0.3) is 0 Å². The van der Waals surface area contributed by atoms with E-state index in [4.69, 9.17) is 5.84 Å². The van der Waals surface area contributed by atoms with Gasteiger partial charge in [0.1, 0.15) is 0 Å². The molecule has 1 unspecified atom stereocenters. The SMILES string of the molecule is CC(C)Cc1cccc(C(NN)c2sccc2Br)c1. The molecule has 0 saturated heterocycles. The third kappa shape index (κ3) is 3.66. The van der Waals surface area contributed by atoms with Crippen molar-refractivity contribution >= 4 is 27.3 Å². The van der Waals surface area contributed by atoms with E-state index in [1.807, 2.05) is 0 Å². The van der Waals surface area contributed by atoms with Gasteiger partial charge in [-0.05, 0) is 50.8 Å². The molecule has 0 aliphatic rings. The normalized spacial score (nSPS) is 12.9. The molecule has 0 saturated carbocycles. The second kappa shape index (κ2) is 6.66. The lowest BCUT2D eigenvalue weighted by atomic mass is 9.98. The van der Waals surface area contributed by atoms with Crippen molar-refractivity contribution in [2.75, 3.05) is 0 Å². The second-order valence-electron chi connectivity index (χ2n) is 5.08. The molecule has 102 valence electrons. The largest absolute Gasteiger partial charge is 0.271 e. The first-order valence-corrected chi connectivity index (χ1v) is 8.07. The molecule has 1 heterocycles. The smallest absolute Gasteiger partial charge is 0.0813 e. The van der Waals surface area contributed by atoms with E-state index in [1.165, 1.54) is 16.0 Å². The number of nitrogens with two attached hydrogens (primary N) is 1. The van der Waals surface area contributed by atoms with Crippen molar-refractivity contribution in [2.24, 2.45) is 11.8 Å². The van der Waals surface area contributed by atoms with Crippen LogP contribution in [-0.2, 0) is 6.42 Å². The summed E-state index contributed by atoms with van der Waals surface area (Å²) in [5, 5.41) is 2.07. The zero-order valence-electron chi connectivity index (χ0n) is 11.2. The number of hydrogen-bond acceptors (Lipinski definition) is 3. The van der Waals surface area contributed by atoms with Crippen molar-refractivity contribution in [2.45, 2.75) is 26.3 Å². The zero-order valence-corrected chi connectivity index (χ0v) is 13.6. The molecule has 0 fully saturated rings. The molecule has 3 N–H and O–H groups in total. The highest BCUT2D eigenvalue weighted by molar-refractivity contribution is 9.10. The number of halogens is 1. The first-order chi connectivity index (χ1) is 9.11. The first kappa shape index (κ1) is 14.7. The van der Waals surface area contributed by atoms with Crippen LogP contribution in [0, 0.1) is 5.92 Å². The molecule has 1 aromatic carbocycles. The fraction of sp³-hybridized carbons (Fsp3) is 0.333. The molecule has 0 aliphatic carbocycles. The molecular formula is C15H19BrN2S. The average Bonchev–Trinajstić information content (AvgIpc) is 2.77. The Morgan fingerprint density at radius 1 is 1.32 bits per heavy atom. The Labute approximate surface area is 127 Å². The van der Waals surface area contributed by atoms with E-state index >= 15 is 0 Å². The fourth-order valence-corrected chi connectivity index (χ4v) is 3.89. The molecule has 2 nitrogen and oxygen atoms in total. The van der Waals surface area contributed by atoms with Crippen molar-refractivity contribution in [3.8, 4) is 0 Å². The Balaban J connectivity index is 2.31. The van der Waals surface area contributed by atoms with Crippen LogP contribution in [0.15, 0.2) is 40.2 Å². The highest BCUT2D eigenvalue weighted by Gasteiger charge is 2.17. The van der Waals surface area contributed by atoms with E-state index in [2.05, 4.69) is 70.9 Å². The minimum absolute atomic E-state index is 0.0430. The van der Waals surface area contributed by atoms with Crippen LogP contribution >= 0.6 is 27.3 Å². The highest BCUT2D eigenvalue weighted by atomic mass is 79.9. The van der Waals surface area contributed by atoms with E-state index in [0.717, 1.165) is 10.9 Å². The molecular weight excluding hydrogens is 320 g/mol. The quantitative estimate of drug-likeness (QED) is 0.631. The third-order valence-corrected chi connectivity index (χ3v) is 4.94. The molecule has 0 bridgehead atoms. The van der Waals surface area contributed by atoms with Crippen molar-refractivity contribution in [3.05, 3.63) is 56.2 Å². The summed E-state index contributed by atoms with van der Waals surface area (Å²) >= 11 is 5.29. The first-order valence-electron chi connectivity index (χ1n) is 6.39.